The molecule has 5 heteroatoms. The van der Waals surface area contributed by atoms with Crippen LogP contribution < -0.4 is 5.73 Å². The van der Waals surface area contributed by atoms with E-state index < -0.39 is 5.60 Å². The maximum atomic E-state index is 12.1. The SMILES string of the molecule is CC(C)(C)OC(=O)N1CCC(C(N)c2ccc(Br)cc2)CC1. The Morgan fingerprint density at radius 3 is 2.32 bits per heavy atom. The Morgan fingerprint density at radius 2 is 1.82 bits per heavy atom. The first-order valence-electron chi connectivity index (χ1n) is 7.75. The molecule has 1 heterocycles. The standard InChI is InChI=1S/C17H25BrN2O2/c1-17(2,3)22-16(21)20-10-8-13(9-11-20)15(19)12-4-6-14(18)7-5-12/h4-7,13,15H,8-11,19H2,1-3H3. The predicted octanol–water partition coefficient (Wildman–Crippen LogP) is 4.10. The van der Waals surface area contributed by atoms with Crippen LogP contribution in [0.25, 0.3) is 0 Å². The highest BCUT2D eigenvalue weighted by atomic mass is 79.9. The van der Waals surface area contributed by atoms with Crippen LogP contribution >= 0.6 is 15.9 Å². The fraction of sp³-hybridized carbons (Fsp3) is 0.588. The molecule has 2 N–H and O–H groups in total. The maximum absolute atomic E-state index is 12.1. The molecular formula is C17H25BrN2O2. The van der Waals surface area contributed by atoms with Crippen LogP contribution in [-0.4, -0.2) is 29.7 Å². The van der Waals surface area contributed by atoms with E-state index in [1.165, 1.54) is 0 Å². The topological polar surface area (TPSA) is 55.6 Å². The summed E-state index contributed by atoms with van der Waals surface area (Å²) in [6.07, 6.45) is 1.61. The molecule has 1 aliphatic heterocycles. The van der Waals surface area contributed by atoms with Crippen LogP contribution in [0, 0.1) is 5.92 Å². The largest absolute Gasteiger partial charge is 0.444 e. The number of nitrogens with zero attached hydrogens (tertiary/aromatic N) is 1. The monoisotopic (exact) mass is 368 g/mol. The molecule has 1 aromatic rings. The quantitative estimate of drug-likeness (QED) is 0.854. The van der Waals surface area contributed by atoms with Gasteiger partial charge in [0.15, 0.2) is 0 Å². The number of piperidine rings is 1. The minimum Gasteiger partial charge on any atom is -0.444 e. The highest BCUT2D eigenvalue weighted by Crippen LogP contribution is 2.30. The Bertz CT molecular complexity index is 502. The van der Waals surface area contributed by atoms with Gasteiger partial charge in [-0.25, -0.2) is 4.79 Å². The lowest BCUT2D eigenvalue weighted by atomic mass is 9.86. The number of benzene rings is 1. The molecule has 1 unspecified atom stereocenters. The zero-order chi connectivity index (χ0) is 16.3. The van der Waals surface area contributed by atoms with Crippen molar-refractivity contribution in [2.75, 3.05) is 13.1 Å². The molecule has 1 aliphatic rings. The molecule has 1 atom stereocenters. The highest BCUT2D eigenvalue weighted by molar-refractivity contribution is 9.10. The van der Waals surface area contributed by atoms with Crippen LogP contribution in [0.15, 0.2) is 28.7 Å². The second-order valence-electron chi connectivity index (χ2n) is 6.88. The summed E-state index contributed by atoms with van der Waals surface area (Å²) >= 11 is 3.44. The van der Waals surface area contributed by atoms with Crippen LogP contribution in [0.3, 0.4) is 0 Å². The van der Waals surface area contributed by atoms with E-state index in [2.05, 4.69) is 28.1 Å². The molecule has 0 bridgehead atoms. The molecule has 1 amide bonds. The molecular weight excluding hydrogens is 344 g/mol. The zero-order valence-corrected chi connectivity index (χ0v) is 15.1. The summed E-state index contributed by atoms with van der Waals surface area (Å²) in [5.41, 5.74) is 7.10. The van der Waals surface area contributed by atoms with Gasteiger partial charge < -0.3 is 15.4 Å². The third-order valence-electron chi connectivity index (χ3n) is 3.95. The summed E-state index contributed by atoms with van der Waals surface area (Å²) < 4.78 is 6.48. The Balaban J connectivity index is 1.89. The first-order chi connectivity index (χ1) is 10.3. The van der Waals surface area contributed by atoms with Gasteiger partial charge in [-0.15, -0.1) is 0 Å². The van der Waals surface area contributed by atoms with Crippen molar-refractivity contribution >= 4 is 22.0 Å². The number of carbonyl (C=O) groups is 1. The number of amides is 1. The average Bonchev–Trinajstić information content (AvgIpc) is 2.46. The second-order valence-corrected chi connectivity index (χ2v) is 7.80. The minimum absolute atomic E-state index is 0.0221. The molecule has 0 aliphatic carbocycles. The number of halogens is 1. The fourth-order valence-electron chi connectivity index (χ4n) is 2.72. The molecule has 2 rings (SSSR count). The lowest BCUT2D eigenvalue weighted by Crippen LogP contribution is -2.43. The van der Waals surface area contributed by atoms with Crippen LogP contribution in [0.4, 0.5) is 4.79 Å². The first kappa shape index (κ1) is 17.3. The number of carbonyl (C=O) groups excluding carboxylic acids is 1. The lowest BCUT2D eigenvalue weighted by Gasteiger charge is -2.35. The van der Waals surface area contributed by atoms with Gasteiger partial charge in [-0.2, -0.15) is 0 Å². The van der Waals surface area contributed by atoms with Crippen LogP contribution in [0.5, 0.6) is 0 Å². The van der Waals surface area contributed by atoms with Gasteiger partial charge in [0, 0.05) is 23.6 Å². The molecule has 22 heavy (non-hydrogen) atoms. The Labute approximate surface area is 141 Å². The summed E-state index contributed by atoms with van der Waals surface area (Å²) in [6, 6.07) is 8.19. The normalized spacial score (nSPS) is 18.1. The van der Waals surface area contributed by atoms with Crippen molar-refractivity contribution in [1.29, 1.82) is 0 Å². The third-order valence-corrected chi connectivity index (χ3v) is 4.48. The molecule has 4 nitrogen and oxygen atoms in total. The first-order valence-corrected chi connectivity index (χ1v) is 8.54. The molecule has 122 valence electrons. The summed E-state index contributed by atoms with van der Waals surface area (Å²) in [4.78, 5) is 13.9. The highest BCUT2D eigenvalue weighted by Gasteiger charge is 2.29. The van der Waals surface area contributed by atoms with E-state index in [0.29, 0.717) is 19.0 Å². The minimum atomic E-state index is -0.443. The third kappa shape index (κ3) is 4.71. The number of nitrogens with two attached hydrogens (primary N) is 1. The van der Waals surface area contributed by atoms with Gasteiger partial charge in [-0.3, -0.25) is 0 Å². The number of hydrogen-bond donors (Lipinski definition) is 1. The number of likely N-dealkylation sites (tertiary alicyclic amines) is 1. The van der Waals surface area contributed by atoms with E-state index in [9.17, 15) is 4.79 Å². The van der Waals surface area contributed by atoms with E-state index >= 15 is 0 Å². The number of ether oxygens (including phenoxy) is 1. The Morgan fingerprint density at radius 1 is 1.27 bits per heavy atom. The van der Waals surface area contributed by atoms with Gasteiger partial charge in [0.2, 0.25) is 0 Å². The molecule has 1 fully saturated rings. The number of rotatable bonds is 2. The smallest absolute Gasteiger partial charge is 0.410 e. The summed E-state index contributed by atoms with van der Waals surface area (Å²) in [7, 11) is 0. The van der Waals surface area contributed by atoms with E-state index in [-0.39, 0.29) is 12.1 Å². The van der Waals surface area contributed by atoms with Gasteiger partial charge in [0.25, 0.3) is 0 Å². The predicted molar refractivity (Wildman–Crippen MR) is 91.6 cm³/mol. The van der Waals surface area contributed by atoms with E-state index in [0.717, 1.165) is 22.9 Å². The van der Waals surface area contributed by atoms with Crippen LogP contribution in [-0.2, 0) is 4.74 Å². The van der Waals surface area contributed by atoms with E-state index in [1.54, 1.807) is 4.90 Å². The fourth-order valence-corrected chi connectivity index (χ4v) is 2.99. The summed E-state index contributed by atoms with van der Waals surface area (Å²) in [5, 5.41) is 0. The van der Waals surface area contributed by atoms with Crippen LogP contribution in [0.2, 0.25) is 0 Å². The van der Waals surface area contributed by atoms with E-state index in [1.807, 2.05) is 32.9 Å². The van der Waals surface area contributed by atoms with Crippen molar-refractivity contribution in [1.82, 2.24) is 4.90 Å². The van der Waals surface area contributed by atoms with Crippen molar-refractivity contribution < 1.29 is 9.53 Å². The zero-order valence-electron chi connectivity index (χ0n) is 13.5. The van der Waals surface area contributed by atoms with Crippen LogP contribution in [0.1, 0.15) is 45.2 Å². The molecule has 1 saturated heterocycles. The molecule has 0 aromatic heterocycles. The van der Waals surface area contributed by atoms with Gasteiger partial charge in [0.1, 0.15) is 5.60 Å². The van der Waals surface area contributed by atoms with Gasteiger partial charge in [-0.1, -0.05) is 28.1 Å². The maximum Gasteiger partial charge on any atom is 0.410 e. The molecule has 0 saturated carbocycles. The Hall–Kier alpha value is -1.07. The van der Waals surface area contributed by atoms with Gasteiger partial charge in [0.05, 0.1) is 0 Å². The molecule has 0 spiro atoms. The Kier molecular flexibility index (Phi) is 5.50. The molecule has 0 radical (unpaired) electrons. The summed E-state index contributed by atoms with van der Waals surface area (Å²) in [5.74, 6) is 0.403. The van der Waals surface area contributed by atoms with Gasteiger partial charge in [-0.05, 0) is 57.2 Å². The van der Waals surface area contributed by atoms with Crippen molar-refractivity contribution in [3.8, 4) is 0 Å². The van der Waals surface area contributed by atoms with E-state index in [4.69, 9.17) is 10.5 Å². The van der Waals surface area contributed by atoms with Crippen molar-refractivity contribution in [2.24, 2.45) is 11.7 Å². The second kappa shape index (κ2) is 7.01. The average molecular weight is 369 g/mol. The number of hydrogen-bond acceptors (Lipinski definition) is 3. The van der Waals surface area contributed by atoms with Gasteiger partial charge >= 0.3 is 6.09 Å². The molecule has 1 aromatic carbocycles. The van der Waals surface area contributed by atoms with Crippen molar-refractivity contribution in [2.45, 2.75) is 45.3 Å². The van der Waals surface area contributed by atoms with Crippen molar-refractivity contribution in [3.05, 3.63) is 34.3 Å². The summed E-state index contributed by atoms with van der Waals surface area (Å²) in [6.45, 7) is 7.09. The lowest BCUT2D eigenvalue weighted by molar-refractivity contribution is 0.0174. The van der Waals surface area contributed by atoms with Crippen molar-refractivity contribution in [3.63, 3.8) is 0 Å².